The predicted octanol–water partition coefficient (Wildman–Crippen LogP) is 6.15. The van der Waals surface area contributed by atoms with Crippen LogP contribution in [0.5, 0.6) is 0 Å². The molecule has 1 aliphatic carbocycles. The second-order valence-electron chi connectivity index (χ2n) is 11.6. The van der Waals surface area contributed by atoms with Crippen molar-refractivity contribution in [3.8, 4) is 0 Å². The molecule has 0 atom stereocenters. The SMILES string of the molecule is CN(C)C(=O)c1ccc(N2CCC(C3CCN(C(=O)C4(c5ccccc5F)CCCC4)CC3)CC2)cc1Cl. The molecule has 3 aliphatic rings. The third kappa shape index (κ3) is 5.16. The second-order valence-corrected chi connectivity index (χ2v) is 12.0. The Balaban J connectivity index is 1.17. The summed E-state index contributed by atoms with van der Waals surface area (Å²) in [7, 11) is 3.46. The van der Waals surface area contributed by atoms with E-state index in [2.05, 4.69) is 4.90 Å². The summed E-state index contributed by atoms with van der Waals surface area (Å²) in [5.41, 5.74) is 1.51. The van der Waals surface area contributed by atoms with E-state index in [4.69, 9.17) is 11.6 Å². The maximum Gasteiger partial charge on any atom is 0.254 e. The summed E-state index contributed by atoms with van der Waals surface area (Å²) in [6, 6.07) is 12.6. The molecule has 2 saturated heterocycles. The van der Waals surface area contributed by atoms with Crippen molar-refractivity contribution >= 4 is 29.1 Å². The number of hydrogen-bond donors (Lipinski definition) is 0. The molecule has 5 rings (SSSR count). The molecule has 0 radical (unpaired) electrons. The van der Waals surface area contributed by atoms with Gasteiger partial charge in [0.05, 0.1) is 16.0 Å². The third-order valence-corrected chi connectivity index (χ3v) is 9.56. The molecule has 0 aromatic heterocycles. The first-order chi connectivity index (χ1) is 18.3. The highest BCUT2D eigenvalue weighted by atomic mass is 35.5. The van der Waals surface area contributed by atoms with Gasteiger partial charge in [-0.25, -0.2) is 4.39 Å². The molecule has 204 valence electrons. The number of piperidine rings is 2. The summed E-state index contributed by atoms with van der Waals surface area (Å²) >= 11 is 6.45. The molecule has 2 aromatic rings. The summed E-state index contributed by atoms with van der Waals surface area (Å²) in [4.78, 5) is 32.0. The van der Waals surface area contributed by atoms with Gasteiger partial charge in [0, 0.05) is 51.5 Å². The van der Waals surface area contributed by atoms with E-state index in [1.807, 2.05) is 35.2 Å². The number of hydrogen-bond acceptors (Lipinski definition) is 3. The molecule has 2 heterocycles. The van der Waals surface area contributed by atoms with Crippen LogP contribution >= 0.6 is 11.6 Å². The van der Waals surface area contributed by atoms with Crippen LogP contribution in [-0.2, 0) is 10.2 Å². The van der Waals surface area contributed by atoms with Crippen LogP contribution < -0.4 is 4.90 Å². The van der Waals surface area contributed by atoms with E-state index in [9.17, 15) is 14.0 Å². The molecule has 2 aliphatic heterocycles. The minimum Gasteiger partial charge on any atom is -0.371 e. The van der Waals surface area contributed by atoms with Crippen LogP contribution in [0.3, 0.4) is 0 Å². The largest absolute Gasteiger partial charge is 0.371 e. The van der Waals surface area contributed by atoms with Crippen molar-refractivity contribution in [3.63, 3.8) is 0 Å². The number of carbonyl (C=O) groups is 2. The summed E-state index contributed by atoms with van der Waals surface area (Å²) < 4.78 is 14.8. The first kappa shape index (κ1) is 27.0. The molecule has 2 amide bonds. The quantitative estimate of drug-likeness (QED) is 0.458. The molecule has 0 spiro atoms. The van der Waals surface area contributed by atoms with E-state index >= 15 is 0 Å². The highest BCUT2D eigenvalue weighted by Gasteiger charge is 2.47. The number of carbonyl (C=O) groups excluding carboxylic acids is 2. The number of anilines is 1. The van der Waals surface area contributed by atoms with E-state index < -0.39 is 5.41 Å². The van der Waals surface area contributed by atoms with Gasteiger partial charge in [0.25, 0.3) is 5.91 Å². The zero-order chi connectivity index (χ0) is 26.9. The Bertz CT molecular complexity index is 1160. The van der Waals surface area contributed by atoms with Crippen LogP contribution in [-0.4, -0.2) is 61.9 Å². The third-order valence-electron chi connectivity index (χ3n) is 9.24. The van der Waals surface area contributed by atoms with Gasteiger partial charge in [0.2, 0.25) is 5.91 Å². The molecule has 3 fully saturated rings. The predicted molar refractivity (Wildman–Crippen MR) is 150 cm³/mol. The van der Waals surface area contributed by atoms with Crippen LogP contribution in [0, 0.1) is 17.7 Å². The average Bonchev–Trinajstić information content (AvgIpc) is 3.43. The fourth-order valence-corrected chi connectivity index (χ4v) is 7.30. The standard InChI is InChI=1S/C31H39ClFN3O2/c1-34(2)29(37)25-10-9-24(21-27(25)32)35-17-11-22(12-18-35)23-13-19-36(20-14-23)30(38)31(15-5-6-16-31)26-7-3-4-8-28(26)33/h3-4,7-10,21-23H,5-6,11-20H2,1-2H3. The van der Waals surface area contributed by atoms with E-state index in [1.165, 1.54) is 6.07 Å². The maximum atomic E-state index is 14.8. The molecule has 5 nitrogen and oxygen atoms in total. The molecule has 1 saturated carbocycles. The topological polar surface area (TPSA) is 43.9 Å². The first-order valence-electron chi connectivity index (χ1n) is 14.1. The van der Waals surface area contributed by atoms with Gasteiger partial charge in [-0.15, -0.1) is 0 Å². The Morgan fingerprint density at radius 2 is 1.53 bits per heavy atom. The lowest BCUT2D eigenvalue weighted by molar-refractivity contribution is -0.139. The normalized spacial score (nSPS) is 20.5. The molecule has 7 heteroatoms. The van der Waals surface area contributed by atoms with Crippen molar-refractivity contribution in [2.75, 3.05) is 45.2 Å². The Kier molecular flexibility index (Phi) is 7.99. The van der Waals surface area contributed by atoms with Crippen LogP contribution in [0.4, 0.5) is 10.1 Å². The van der Waals surface area contributed by atoms with Gasteiger partial charge in [0.1, 0.15) is 5.82 Å². The maximum absolute atomic E-state index is 14.8. The zero-order valence-electron chi connectivity index (χ0n) is 22.6. The van der Waals surface area contributed by atoms with E-state index in [-0.39, 0.29) is 17.6 Å². The van der Waals surface area contributed by atoms with E-state index in [0.717, 1.165) is 83.2 Å². The van der Waals surface area contributed by atoms with Gasteiger partial charge in [-0.3, -0.25) is 9.59 Å². The monoisotopic (exact) mass is 539 g/mol. The van der Waals surface area contributed by atoms with Gasteiger partial charge < -0.3 is 14.7 Å². The van der Waals surface area contributed by atoms with Gasteiger partial charge in [-0.2, -0.15) is 0 Å². The van der Waals surface area contributed by atoms with Crippen LogP contribution in [0.25, 0.3) is 0 Å². The smallest absolute Gasteiger partial charge is 0.254 e. The number of nitrogens with zero attached hydrogens (tertiary/aromatic N) is 3. The Labute approximate surface area is 230 Å². The number of rotatable bonds is 5. The summed E-state index contributed by atoms with van der Waals surface area (Å²) in [5.74, 6) is 1.09. The Hall–Kier alpha value is -2.60. The molecule has 2 aromatic carbocycles. The van der Waals surface area contributed by atoms with Gasteiger partial charge in [0.15, 0.2) is 0 Å². The highest BCUT2D eigenvalue weighted by Crippen LogP contribution is 2.44. The minimum atomic E-state index is -0.683. The van der Waals surface area contributed by atoms with Crippen molar-refractivity contribution in [1.29, 1.82) is 0 Å². The number of likely N-dealkylation sites (tertiary alicyclic amines) is 1. The number of benzene rings is 2. The fourth-order valence-electron chi connectivity index (χ4n) is 7.05. The highest BCUT2D eigenvalue weighted by molar-refractivity contribution is 6.34. The Morgan fingerprint density at radius 3 is 2.11 bits per heavy atom. The van der Waals surface area contributed by atoms with Gasteiger partial charge >= 0.3 is 0 Å². The molecule has 0 bridgehead atoms. The lowest BCUT2D eigenvalue weighted by Crippen LogP contribution is -2.50. The minimum absolute atomic E-state index is 0.0853. The lowest BCUT2D eigenvalue weighted by atomic mass is 9.75. The van der Waals surface area contributed by atoms with Crippen LogP contribution in [0.1, 0.15) is 67.3 Å². The summed E-state index contributed by atoms with van der Waals surface area (Å²) in [6.07, 6.45) is 7.75. The van der Waals surface area contributed by atoms with Gasteiger partial charge in [-0.05, 0) is 74.6 Å². The summed E-state index contributed by atoms with van der Waals surface area (Å²) in [6.45, 7) is 3.49. The second kappa shape index (κ2) is 11.3. The van der Waals surface area contributed by atoms with Crippen molar-refractivity contribution in [1.82, 2.24) is 9.80 Å². The molecule has 0 N–H and O–H groups in total. The van der Waals surface area contributed by atoms with E-state index in [0.29, 0.717) is 28.0 Å². The number of halogens is 2. The summed E-state index contributed by atoms with van der Waals surface area (Å²) in [5, 5.41) is 0.496. The van der Waals surface area contributed by atoms with Crippen LogP contribution in [0.2, 0.25) is 5.02 Å². The van der Waals surface area contributed by atoms with Crippen molar-refractivity contribution in [2.45, 2.75) is 56.8 Å². The zero-order valence-corrected chi connectivity index (χ0v) is 23.4. The molecular weight excluding hydrogens is 501 g/mol. The Morgan fingerprint density at radius 1 is 0.921 bits per heavy atom. The average molecular weight is 540 g/mol. The van der Waals surface area contributed by atoms with Crippen molar-refractivity contribution in [3.05, 3.63) is 64.4 Å². The van der Waals surface area contributed by atoms with E-state index in [1.54, 1.807) is 25.1 Å². The molecule has 38 heavy (non-hydrogen) atoms. The van der Waals surface area contributed by atoms with Crippen molar-refractivity contribution in [2.24, 2.45) is 11.8 Å². The van der Waals surface area contributed by atoms with Crippen LogP contribution in [0.15, 0.2) is 42.5 Å². The molecular formula is C31H39ClFN3O2. The first-order valence-corrected chi connectivity index (χ1v) is 14.5. The van der Waals surface area contributed by atoms with Gasteiger partial charge in [-0.1, -0.05) is 42.6 Å². The number of amides is 2. The lowest BCUT2D eigenvalue weighted by Gasteiger charge is -2.43. The molecule has 0 unspecified atom stereocenters. The fraction of sp³-hybridized carbons (Fsp3) is 0.548. The van der Waals surface area contributed by atoms with Crippen molar-refractivity contribution < 1.29 is 14.0 Å².